The Labute approximate surface area is 92.4 Å². The Morgan fingerprint density at radius 2 is 1.60 bits per heavy atom. The molecule has 0 saturated heterocycles. The summed E-state index contributed by atoms with van der Waals surface area (Å²) in [6.45, 7) is 6.81. The molecule has 1 atom stereocenters. The number of hydrogen-bond acceptors (Lipinski definition) is 2. The zero-order chi connectivity index (χ0) is 11.3. The normalized spacial score (nSPS) is 13.1. The van der Waals surface area contributed by atoms with Crippen LogP contribution in [0.3, 0.4) is 0 Å². The monoisotopic (exact) mass is 207 g/mol. The molecule has 1 aromatic rings. The summed E-state index contributed by atoms with van der Waals surface area (Å²) in [4.78, 5) is 0. The molecule has 0 saturated carbocycles. The van der Waals surface area contributed by atoms with Crippen molar-refractivity contribution in [2.45, 2.75) is 45.9 Å². The first-order valence-corrected chi connectivity index (χ1v) is 5.53. The molecule has 2 nitrogen and oxygen atoms in total. The van der Waals surface area contributed by atoms with Crippen molar-refractivity contribution in [1.82, 2.24) is 0 Å². The molecule has 1 unspecified atom stereocenters. The lowest BCUT2D eigenvalue weighted by molar-refractivity contribution is 0.0657. The van der Waals surface area contributed by atoms with E-state index in [0.29, 0.717) is 6.61 Å². The number of rotatable bonds is 5. The second kappa shape index (κ2) is 5.89. The van der Waals surface area contributed by atoms with Gasteiger partial charge in [0.05, 0.1) is 12.7 Å². The summed E-state index contributed by atoms with van der Waals surface area (Å²) in [5.74, 6) is 0. The van der Waals surface area contributed by atoms with Crippen LogP contribution in [0, 0.1) is 0 Å². The third-order valence-corrected chi connectivity index (χ3v) is 2.16. The molecule has 0 heterocycles. The highest BCUT2D eigenvalue weighted by atomic mass is 16.5. The molecule has 0 amide bonds. The first kappa shape index (κ1) is 12.2. The van der Waals surface area contributed by atoms with Gasteiger partial charge in [0.1, 0.15) is 0 Å². The van der Waals surface area contributed by atoms with Gasteiger partial charge in [-0.1, -0.05) is 24.3 Å². The van der Waals surface area contributed by atoms with Crippen molar-refractivity contribution in [3.05, 3.63) is 35.4 Å². The first-order valence-electron chi connectivity index (χ1n) is 5.53. The van der Waals surface area contributed by atoms with Gasteiger partial charge in [-0.25, -0.2) is 0 Å². The average molecular weight is 207 g/mol. The Morgan fingerprint density at radius 3 is 2.07 bits per heavy atom. The van der Waals surface area contributed by atoms with Crippen LogP contribution in [0.2, 0.25) is 0 Å². The number of nitrogens with two attached hydrogens (primary N) is 1. The smallest absolute Gasteiger partial charge is 0.0720 e. The van der Waals surface area contributed by atoms with Gasteiger partial charge in [-0.05, 0) is 38.3 Å². The maximum absolute atomic E-state index is 5.74. The first-order chi connectivity index (χ1) is 7.08. The molecule has 15 heavy (non-hydrogen) atoms. The van der Waals surface area contributed by atoms with Crippen molar-refractivity contribution >= 4 is 0 Å². The molecule has 84 valence electrons. The predicted octanol–water partition coefficient (Wildman–Crippen LogP) is 2.50. The quantitative estimate of drug-likeness (QED) is 0.805. The second-order valence-corrected chi connectivity index (χ2v) is 4.36. The van der Waals surface area contributed by atoms with Crippen molar-refractivity contribution in [1.29, 1.82) is 0 Å². The molecule has 2 heteroatoms. The predicted molar refractivity (Wildman–Crippen MR) is 63.7 cm³/mol. The van der Waals surface area contributed by atoms with Crippen LogP contribution in [-0.2, 0) is 17.8 Å². The lowest BCUT2D eigenvalue weighted by Gasteiger charge is -2.09. The molecule has 2 N–H and O–H groups in total. The minimum absolute atomic E-state index is 0.225. The van der Waals surface area contributed by atoms with Gasteiger partial charge in [-0.2, -0.15) is 0 Å². The molecule has 0 radical (unpaired) electrons. The topological polar surface area (TPSA) is 35.2 Å². The van der Waals surface area contributed by atoms with Crippen LogP contribution in [0.1, 0.15) is 31.9 Å². The van der Waals surface area contributed by atoms with E-state index in [1.807, 2.05) is 20.8 Å². The van der Waals surface area contributed by atoms with Crippen molar-refractivity contribution in [2.75, 3.05) is 0 Å². The third-order valence-electron chi connectivity index (χ3n) is 2.16. The van der Waals surface area contributed by atoms with Crippen molar-refractivity contribution in [3.8, 4) is 0 Å². The average Bonchev–Trinajstić information content (AvgIpc) is 2.16. The van der Waals surface area contributed by atoms with Crippen molar-refractivity contribution in [3.63, 3.8) is 0 Å². The zero-order valence-electron chi connectivity index (χ0n) is 9.86. The van der Waals surface area contributed by atoms with Gasteiger partial charge in [0.15, 0.2) is 0 Å². The van der Waals surface area contributed by atoms with E-state index in [-0.39, 0.29) is 12.1 Å². The molecule has 0 aliphatic rings. The van der Waals surface area contributed by atoms with Crippen molar-refractivity contribution < 1.29 is 4.74 Å². The molecule has 1 aromatic carbocycles. The molecule has 1 rings (SSSR count). The van der Waals surface area contributed by atoms with Crippen LogP contribution in [-0.4, -0.2) is 12.1 Å². The fourth-order valence-corrected chi connectivity index (χ4v) is 1.41. The molecule has 0 fully saturated rings. The van der Waals surface area contributed by atoms with Gasteiger partial charge in [-0.15, -0.1) is 0 Å². The summed E-state index contributed by atoms with van der Waals surface area (Å²) >= 11 is 0. The molecule has 0 aromatic heterocycles. The molecular weight excluding hydrogens is 186 g/mol. The number of ether oxygens (including phenoxy) is 1. The van der Waals surface area contributed by atoms with Gasteiger partial charge in [0.2, 0.25) is 0 Å². The zero-order valence-corrected chi connectivity index (χ0v) is 9.86. The maximum atomic E-state index is 5.74. The highest BCUT2D eigenvalue weighted by molar-refractivity contribution is 5.22. The summed E-state index contributed by atoms with van der Waals surface area (Å²) in [5.41, 5.74) is 8.25. The lowest BCUT2D eigenvalue weighted by Crippen LogP contribution is -2.17. The minimum Gasteiger partial charge on any atom is -0.374 e. The molecule has 0 spiro atoms. The van der Waals surface area contributed by atoms with Crippen LogP contribution in [0.4, 0.5) is 0 Å². The highest BCUT2D eigenvalue weighted by Crippen LogP contribution is 2.08. The van der Waals surface area contributed by atoms with E-state index in [1.54, 1.807) is 0 Å². The fraction of sp³-hybridized carbons (Fsp3) is 0.538. The van der Waals surface area contributed by atoms with E-state index < -0.39 is 0 Å². The fourth-order valence-electron chi connectivity index (χ4n) is 1.41. The van der Waals surface area contributed by atoms with Crippen molar-refractivity contribution in [2.24, 2.45) is 5.73 Å². The second-order valence-electron chi connectivity index (χ2n) is 4.36. The number of benzene rings is 1. The summed E-state index contributed by atoms with van der Waals surface area (Å²) in [6.07, 6.45) is 1.22. The maximum Gasteiger partial charge on any atom is 0.0720 e. The van der Waals surface area contributed by atoms with E-state index >= 15 is 0 Å². The van der Waals surface area contributed by atoms with E-state index in [4.69, 9.17) is 10.5 Å². The summed E-state index contributed by atoms with van der Waals surface area (Å²) in [6, 6.07) is 8.70. The van der Waals surface area contributed by atoms with Crippen LogP contribution >= 0.6 is 0 Å². The molecule has 0 aliphatic heterocycles. The summed E-state index contributed by atoms with van der Waals surface area (Å²) < 4.78 is 5.52. The van der Waals surface area contributed by atoms with Gasteiger partial charge in [0.25, 0.3) is 0 Å². The molecule has 0 aliphatic carbocycles. The van der Waals surface area contributed by atoms with Gasteiger partial charge >= 0.3 is 0 Å². The Bertz CT molecular complexity index is 277. The van der Waals surface area contributed by atoms with Gasteiger partial charge in [-0.3, -0.25) is 0 Å². The Balaban J connectivity index is 2.49. The van der Waals surface area contributed by atoms with Crippen LogP contribution in [0.5, 0.6) is 0 Å². The number of hydrogen-bond donors (Lipinski definition) is 1. The molecular formula is C13H21NO. The van der Waals surface area contributed by atoms with Crippen LogP contribution in [0.15, 0.2) is 24.3 Å². The lowest BCUT2D eigenvalue weighted by atomic mass is 10.1. The minimum atomic E-state index is 0.225. The Kier molecular flexibility index (Phi) is 4.79. The van der Waals surface area contributed by atoms with E-state index in [0.717, 1.165) is 6.42 Å². The SMILES string of the molecule is CC(N)Cc1ccc(COC(C)C)cc1. The van der Waals surface area contributed by atoms with E-state index in [1.165, 1.54) is 11.1 Å². The summed E-state index contributed by atoms with van der Waals surface area (Å²) in [5, 5.41) is 0. The van der Waals surface area contributed by atoms with E-state index in [2.05, 4.69) is 24.3 Å². The summed E-state index contributed by atoms with van der Waals surface area (Å²) in [7, 11) is 0. The largest absolute Gasteiger partial charge is 0.374 e. The van der Waals surface area contributed by atoms with Gasteiger partial charge < -0.3 is 10.5 Å². The highest BCUT2D eigenvalue weighted by Gasteiger charge is 1.99. The van der Waals surface area contributed by atoms with E-state index in [9.17, 15) is 0 Å². The van der Waals surface area contributed by atoms with Crippen LogP contribution < -0.4 is 5.73 Å². The Hall–Kier alpha value is -0.860. The molecule has 0 bridgehead atoms. The van der Waals surface area contributed by atoms with Crippen LogP contribution in [0.25, 0.3) is 0 Å². The Morgan fingerprint density at radius 1 is 1.07 bits per heavy atom. The third kappa shape index (κ3) is 4.96. The van der Waals surface area contributed by atoms with Gasteiger partial charge in [0, 0.05) is 6.04 Å². The standard InChI is InChI=1S/C13H21NO/c1-10(2)15-9-13-6-4-12(5-7-13)8-11(3)14/h4-7,10-11H,8-9,14H2,1-3H3.